The fourth-order valence-electron chi connectivity index (χ4n) is 4.26. The second-order valence-corrected chi connectivity index (χ2v) is 12.4. The highest BCUT2D eigenvalue weighted by Crippen LogP contribution is 2.38. The molecule has 1 unspecified atom stereocenters. The van der Waals surface area contributed by atoms with Gasteiger partial charge in [0.05, 0.1) is 17.6 Å². The van der Waals surface area contributed by atoms with E-state index in [1.54, 1.807) is 30.1 Å². The number of rotatable bonds is 6. The molecule has 2 heterocycles. The van der Waals surface area contributed by atoms with Crippen LogP contribution in [0.3, 0.4) is 0 Å². The Labute approximate surface area is 215 Å². The van der Waals surface area contributed by atoms with Gasteiger partial charge >= 0.3 is 0 Å². The normalized spacial score (nSPS) is 16.2. The number of benzene rings is 2. The number of thiophene rings is 1. The van der Waals surface area contributed by atoms with Gasteiger partial charge in [-0.15, -0.1) is 11.3 Å². The summed E-state index contributed by atoms with van der Waals surface area (Å²) in [6.45, 7) is 5.75. The molecule has 0 N–H and O–H groups in total. The number of fused-ring (bicyclic) bond motifs is 1. The first kappa shape index (κ1) is 25.2. The fourth-order valence-corrected chi connectivity index (χ4v) is 7.49. The lowest BCUT2D eigenvalue weighted by Gasteiger charge is -2.38. The highest BCUT2D eigenvalue weighted by molar-refractivity contribution is 7.89. The van der Waals surface area contributed by atoms with Gasteiger partial charge in [0.1, 0.15) is 4.90 Å². The van der Waals surface area contributed by atoms with Crippen molar-refractivity contribution in [2.24, 2.45) is 0 Å². The third-order valence-electron chi connectivity index (χ3n) is 6.03. The van der Waals surface area contributed by atoms with Crippen molar-refractivity contribution in [2.45, 2.75) is 44.2 Å². The van der Waals surface area contributed by atoms with Crippen LogP contribution in [0.2, 0.25) is 10.0 Å². The molecule has 1 aliphatic rings. The van der Waals surface area contributed by atoms with Gasteiger partial charge in [0.15, 0.2) is 0 Å². The minimum absolute atomic E-state index is 0.0703. The summed E-state index contributed by atoms with van der Waals surface area (Å²) in [6, 6.07) is 13.8. The van der Waals surface area contributed by atoms with E-state index in [2.05, 4.69) is 6.07 Å². The Balaban J connectivity index is 1.69. The molecule has 1 atom stereocenters. The maximum Gasteiger partial charge on any atom is 0.245 e. The zero-order chi connectivity index (χ0) is 24.6. The number of amides is 1. The van der Waals surface area contributed by atoms with E-state index in [-0.39, 0.29) is 33.4 Å². The first-order valence-electron chi connectivity index (χ1n) is 11.0. The Morgan fingerprint density at radius 1 is 1.15 bits per heavy atom. The quantitative estimate of drug-likeness (QED) is 0.391. The number of aryl methyl sites for hydroxylation is 1. The first-order chi connectivity index (χ1) is 16.1. The Hall–Kier alpha value is -1.90. The van der Waals surface area contributed by atoms with E-state index in [0.717, 1.165) is 23.1 Å². The highest BCUT2D eigenvalue weighted by atomic mass is 35.5. The molecule has 0 spiro atoms. The molecular weight excluding hydrogens is 511 g/mol. The van der Waals surface area contributed by atoms with Crippen molar-refractivity contribution in [3.05, 3.63) is 85.5 Å². The molecule has 0 saturated heterocycles. The molecule has 3 aromatic rings. The molecule has 4 rings (SSSR count). The number of hydrogen-bond acceptors (Lipinski definition) is 4. The van der Waals surface area contributed by atoms with Crippen LogP contribution in [0.5, 0.6) is 0 Å². The SMILES string of the molecule is Cc1ccc(C2c3ccsc3CCN2C(=O)CN(C(C)C)S(=O)(=O)c2cc(Cl)ccc2Cl)cc1. The van der Waals surface area contributed by atoms with Gasteiger partial charge in [-0.05, 0) is 68.0 Å². The Kier molecular flexibility index (Phi) is 7.41. The summed E-state index contributed by atoms with van der Waals surface area (Å²) in [7, 11) is -4.05. The number of carbonyl (C=O) groups excluding carboxylic acids is 1. The average molecular weight is 538 g/mol. The van der Waals surface area contributed by atoms with Crippen molar-refractivity contribution in [1.29, 1.82) is 0 Å². The number of sulfonamides is 1. The van der Waals surface area contributed by atoms with Crippen LogP contribution in [0.15, 0.2) is 58.8 Å². The second kappa shape index (κ2) is 9.99. The van der Waals surface area contributed by atoms with Gasteiger partial charge in [-0.3, -0.25) is 4.79 Å². The average Bonchev–Trinajstić information content (AvgIpc) is 3.27. The third kappa shape index (κ3) is 4.90. The molecule has 0 bridgehead atoms. The smallest absolute Gasteiger partial charge is 0.245 e. The number of halogens is 2. The molecule has 1 amide bonds. The third-order valence-corrected chi connectivity index (χ3v) is 9.76. The van der Waals surface area contributed by atoms with Crippen LogP contribution >= 0.6 is 34.5 Å². The van der Waals surface area contributed by atoms with Crippen LogP contribution in [0, 0.1) is 6.92 Å². The van der Waals surface area contributed by atoms with Gasteiger partial charge < -0.3 is 4.90 Å². The summed E-state index contributed by atoms with van der Waals surface area (Å²) in [5.41, 5.74) is 3.25. The van der Waals surface area contributed by atoms with Crippen LogP contribution < -0.4 is 0 Å². The summed E-state index contributed by atoms with van der Waals surface area (Å²) in [5, 5.41) is 2.38. The van der Waals surface area contributed by atoms with Gasteiger partial charge in [0.25, 0.3) is 0 Å². The monoisotopic (exact) mass is 536 g/mol. The van der Waals surface area contributed by atoms with Gasteiger partial charge in [-0.1, -0.05) is 53.0 Å². The molecule has 1 aliphatic heterocycles. The van der Waals surface area contributed by atoms with E-state index in [4.69, 9.17) is 23.2 Å². The molecule has 0 fully saturated rings. The molecular formula is C25H26Cl2N2O3S2. The van der Waals surface area contributed by atoms with Crippen LogP contribution in [0.1, 0.15) is 41.5 Å². The van der Waals surface area contributed by atoms with Crippen LogP contribution in [0.25, 0.3) is 0 Å². The van der Waals surface area contributed by atoms with E-state index in [0.29, 0.717) is 6.54 Å². The van der Waals surface area contributed by atoms with Crippen molar-refractivity contribution in [1.82, 2.24) is 9.21 Å². The van der Waals surface area contributed by atoms with Crippen molar-refractivity contribution in [2.75, 3.05) is 13.1 Å². The van der Waals surface area contributed by atoms with Crippen LogP contribution in [0.4, 0.5) is 0 Å². The molecule has 1 aromatic heterocycles. The van der Waals surface area contributed by atoms with Crippen molar-refractivity contribution >= 4 is 50.5 Å². The zero-order valence-corrected chi connectivity index (χ0v) is 22.3. The Bertz CT molecular complexity index is 1300. The van der Waals surface area contributed by atoms with Gasteiger partial charge in [0, 0.05) is 22.5 Å². The molecule has 2 aromatic carbocycles. The first-order valence-corrected chi connectivity index (χ1v) is 14.1. The van der Waals surface area contributed by atoms with E-state index in [1.807, 2.05) is 36.6 Å². The predicted molar refractivity (Wildman–Crippen MR) is 138 cm³/mol. The topological polar surface area (TPSA) is 57.7 Å². The predicted octanol–water partition coefficient (Wildman–Crippen LogP) is 5.94. The lowest BCUT2D eigenvalue weighted by Crippen LogP contribution is -2.48. The minimum Gasteiger partial charge on any atom is -0.330 e. The standard InChI is InChI=1S/C25H26Cl2N2O3S2/c1-16(2)29(34(31,32)23-14-19(26)8-9-21(23)27)15-24(30)28-12-10-22-20(11-13-33-22)25(28)18-6-4-17(3)5-7-18/h4-9,11,13-14,16,25H,10,12,15H2,1-3H3. The van der Waals surface area contributed by atoms with Gasteiger partial charge in [-0.25, -0.2) is 8.42 Å². The van der Waals surface area contributed by atoms with Crippen molar-refractivity contribution in [3.63, 3.8) is 0 Å². The van der Waals surface area contributed by atoms with Gasteiger partial charge in [-0.2, -0.15) is 4.31 Å². The van der Waals surface area contributed by atoms with Crippen LogP contribution in [-0.2, 0) is 21.2 Å². The number of nitrogens with zero attached hydrogens (tertiary/aromatic N) is 2. The minimum atomic E-state index is -4.05. The summed E-state index contributed by atoms with van der Waals surface area (Å²) in [4.78, 5) is 16.6. The van der Waals surface area contributed by atoms with Crippen molar-refractivity contribution < 1.29 is 13.2 Å². The Morgan fingerprint density at radius 3 is 2.53 bits per heavy atom. The van der Waals surface area contributed by atoms with E-state index < -0.39 is 16.1 Å². The van der Waals surface area contributed by atoms with E-state index in [1.165, 1.54) is 27.4 Å². The van der Waals surface area contributed by atoms with E-state index >= 15 is 0 Å². The lowest BCUT2D eigenvalue weighted by atomic mass is 9.92. The number of hydrogen-bond donors (Lipinski definition) is 0. The molecule has 5 nitrogen and oxygen atoms in total. The molecule has 0 saturated carbocycles. The number of carbonyl (C=O) groups is 1. The maximum absolute atomic E-state index is 13.7. The molecule has 0 aliphatic carbocycles. The zero-order valence-electron chi connectivity index (χ0n) is 19.2. The fraction of sp³-hybridized carbons (Fsp3) is 0.320. The largest absolute Gasteiger partial charge is 0.330 e. The van der Waals surface area contributed by atoms with E-state index in [9.17, 15) is 13.2 Å². The van der Waals surface area contributed by atoms with Crippen LogP contribution in [-0.4, -0.2) is 42.7 Å². The second-order valence-electron chi connectivity index (χ2n) is 8.67. The molecule has 180 valence electrons. The summed E-state index contributed by atoms with van der Waals surface area (Å²) in [6.07, 6.45) is 0.746. The molecule has 34 heavy (non-hydrogen) atoms. The lowest BCUT2D eigenvalue weighted by molar-refractivity contribution is -0.133. The van der Waals surface area contributed by atoms with Crippen molar-refractivity contribution in [3.8, 4) is 0 Å². The highest BCUT2D eigenvalue weighted by Gasteiger charge is 2.37. The molecule has 9 heteroatoms. The van der Waals surface area contributed by atoms with Gasteiger partial charge in [0.2, 0.25) is 15.9 Å². The maximum atomic E-state index is 13.7. The summed E-state index contributed by atoms with van der Waals surface area (Å²) < 4.78 is 28.2. The summed E-state index contributed by atoms with van der Waals surface area (Å²) >= 11 is 14.0. The Morgan fingerprint density at radius 2 is 1.85 bits per heavy atom. The summed E-state index contributed by atoms with van der Waals surface area (Å²) in [5.74, 6) is -0.252. The molecule has 0 radical (unpaired) electrons.